The summed E-state index contributed by atoms with van der Waals surface area (Å²) in [6.45, 7) is 8.00. The number of hydrogen-bond donors (Lipinski definition) is 0. The summed E-state index contributed by atoms with van der Waals surface area (Å²) in [4.78, 5) is 11.3. The third-order valence-corrected chi connectivity index (χ3v) is 3.97. The van der Waals surface area contributed by atoms with Gasteiger partial charge in [-0.05, 0) is 52.4 Å². The van der Waals surface area contributed by atoms with Gasteiger partial charge in [0.2, 0.25) is 0 Å². The van der Waals surface area contributed by atoms with E-state index in [0.29, 0.717) is 5.92 Å². The first-order valence-electron chi connectivity index (χ1n) is 7.57. The molecule has 3 nitrogen and oxygen atoms in total. The van der Waals surface area contributed by atoms with E-state index in [2.05, 4.69) is 22.0 Å². The highest BCUT2D eigenvalue weighted by atomic mass is 79.9. The van der Waals surface area contributed by atoms with Gasteiger partial charge in [-0.1, -0.05) is 33.8 Å². The molecule has 120 valence electrons. The molecule has 0 spiro atoms. The molecular weight excluding hydrogens is 332 g/mol. The van der Waals surface area contributed by atoms with Crippen molar-refractivity contribution in [2.24, 2.45) is 5.92 Å². The Morgan fingerprint density at radius 3 is 2.19 bits per heavy atom. The van der Waals surface area contributed by atoms with E-state index in [1.807, 2.05) is 39.8 Å². The summed E-state index contributed by atoms with van der Waals surface area (Å²) in [6, 6.07) is 6.09. The smallest absolute Gasteiger partial charge is 0.308 e. The zero-order valence-corrected chi connectivity index (χ0v) is 15.5. The van der Waals surface area contributed by atoms with Gasteiger partial charge in [0.05, 0.1) is 24.6 Å². The van der Waals surface area contributed by atoms with Gasteiger partial charge < -0.3 is 9.47 Å². The first-order valence-corrected chi connectivity index (χ1v) is 8.36. The van der Waals surface area contributed by atoms with Gasteiger partial charge in [0.25, 0.3) is 0 Å². The molecule has 0 heterocycles. The van der Waals surface area contributed by atoms with Crippen LogP contribution in [-0.4, -0.2) is 20.2 Å². The lowest BCUT2D eigenvalue weighted by Crippen LogP contribution is -2.29. The molecule has 1 fully saturated rings. The Morgan fingerprint density at radius 2 is 1.71 bits per heavy atom. The van der Waals surface area contributed by atoms with Crippen molar-refractivity contribution in [3.8, 4) is 5.75 Å². The lowest BCUT2D eigenvalue weighted by molar-refractivity contribution is -0.148. The summed E-state index contributed by atoms with van der Waals surface area (Å²) in [6.07, 6.45) is 1.74. The van der Waals surface area contributed by atoms with Gasteiger partial charge >= 0.3 is 5.97 Å². The standard InChI is InChI=1S/C13H15BrO3.2C2H6/c1-16-12-7-8(3-4-11(12)14)9-5-10(6-9)13(15)17-2;2*1-2/h3-4,7,9-10H,5-6H2,1-2H3;2*1-2H3. The number of esters is 1. The van der Waals surface area contributed by atoms with E-state index in [-0.39, 0.29) is 11.9 Å². The average Bonchev–Trinajstić information content (AvgIpc) is 2.51. The molecule has 4 heteroatoms. The molecule has 1 aromatic rings. The largest absolute Gasteiger partial charge is 0.496 e. The molecule has 1 saturated carbocycles. The molecule has 0 atom stereocenters. The van der Waals surface area contributed by atoms with Crippen LogP contribution in [0.5, 0.6) is 5.75 Å². The van der Waals surface area contributed by atoms with E-state index >= 15 is 0 Å². The molecule has 1 aliphatic rings. The van der Waals surface area contributed by atoms with Crippen LogP contribution in [0.25, 0.3) is 0 Å². The van der Waals surface area contributed by atoms with Crippen LogP contribution in [-0.2, 0) is 9.53 Å². The van der Waals surface area contributed by atoms with Gasteiger partial charge in [-0.3, -0.25) is 4.79 Å². The zero-order chi connectivity index (χ0) is 16.4. The maximum atomic E-state index is 11.3. The molecule has 0 bridgehead atoms. The zero-order valence-electron chi connectivity index (χ0n) is 13.9. The SMILES string of the molecule is CC.CC.COC(=O)C1CC(c2ccc(Br)c(OC)c2)C1. The fourth-order valence-corrected chi connectivity index (χ4v) is 2.59. The van der Waals surface area contributed by atoms with Crippen molar-refractivity contribution in [1.29, 1.82) is 0 Å². The predicted molar refractivity (Wildman–Crippen MR) is 90.9 cm³/mol. The molecule has 21 heavy (non-hydrogen) atoms. The highest BCUT2D eigenvalue weighted by Gasteiger charge is 2.36. The molecule has 0 aromatic heterocycles. The van der Waals surface area contributed by atoms with E-state index in [1.54, 1.807) is 7.11 Å². The summed E-state index contributed by atoms with van der Waals surface area (Å²) in [5.74, 6) is 1.26. The fourth-order valence-electron chi connectivity index (χ4n) is 2.18. The minimum Gasteiger partial charge on any atom is -0.496 e. The monoisotopic (exact) mass is 358 g/mol. The van der Waals surface area contributed by atoms with Gasteiger partial charge in [0.15, 0.2) is 0 Å². The van der Waals surface area contributed by atoms with Crippen molar-refractivity contribution >= 4 is 21.9 Å². The molecular formula is C17H27BrO3. The van der Waals surface area contributed by atoms with Crippen molar-refractivity contribution in [2.75, 3.05) is 14.2 Å². The second-order valence-corrected chi connectivity index (χ2v) is 5.14. The van der Waals surface area contributed by atoms with Crippen LogP contribution in [0.4, 0.5) is 0 Å². The predicted octanol–water partition coefficient (Wildman–Crippen LogP) is 5.18. The number of halogens is 1. The molecule has 0 aliphatic heterocycles. The van der Waals surface area contributed by atoms with Gasteiger partial charge in [-0.2, -0.15) is 0 Å². The Balaban J connectivity index is 0.000000921. The molecule has 0 unspecified atom stereocenters. The van der Waals surface area contributed by atoms with Gasteiger partial charge in [0.1, 0.15) is 5.75 Å². The van der Waals surface area contributed by atoms with E-state index in [0.717, 1.165) is 23.1 Å². The number of ether oxygens (including phenoxy) is 2. The van der Waals surface area contributed by atoms with E-state index in [9.17, 15) is 4.79 Å². The summed E-state index contributed by atoms with van der Waals surface area (Å²) in [5, 5.41) is 0. The summed E-state index contributed by atoms with van der Waals surface area (Å²) < 4.78 is 10.9. The van der Waals surface area contributed by atoms with Gasteiger partial charge in [0, 0.05) is 0 Å². The van der Waals surface area contributed by atoms with E-state index in [1.165, 1.54) is 12.7 Å². The van der Waals surface area contributed by atoms with Crippen LogP contribution in [0.15, 0.2) is 22.7 Å². The van der Waals surface area contributed by atoms with Crippen LogP contribution in [0.2, 0.25) is 0 Å². The van der Waals surface area contributed by atoms with Crippen LogP contribution in [0.3, 0.4) is 0 Å². The normalized spacial score (nSPS) is 19.0. The van der Waals surface area contributed by atoms with Crippen molar-refractivity contribution in [3.63, 3.8) is 0 Å². The summed E-state index contributed by atoms with van der Waals surface area (Å²) in [5.41, 5.74) is 1.23. The number of methoxy groups -OCH3 is 2. The van der Waals surface area contributed by atoms with Crippen LogP contribution in [0.1, 0.15) is 52.0 Å². The highest BCUT2D eigenvalue weighted by molar-refractivity contribution is 9.10. The Hall–Kier alpha value is -1.03. The van der Waals surface area contributed by atoms with E-state index < -0.39 is 0 Å². The number of hydrogen-bond acceptors (Lipinski definition) is 3. The van der Waals surface area contributed by atoms with Crippen LogP contribution in [0, 0.1) is 5.92 Å². The summed E-state index contributed by atoms with van der Waals surface area (Å²) >= 11 is 3.43. The Bertz CT molecular complexity index is 426. The first kappa shape index (κ1) is 20.0. The van der Waals surface area contributed by atoms with Crippen LogP contribution >= 0.6 is 15.9 Å². The number of carbonyl (C=O) groups is 1. The third-order valence-electron chi connectivity index (χ3n) is 3.32. The molecule has 1 aliphatic carbocycles. The van der Waals surface area contributed by atoms with Crippen molar-refractivity contribution in [1.82, 2.24) is 0 Å². The van der Waals surface area contributed by atoms with Crippen LogP contribution < -0.4 is 4.74 Å². The maximum absolute atomic E-state index is 11.3. The van der Waals surface area contributed by atoms with Crippen molar-refractivity contribution in [3.05, 3.63) is 28.2 Å². The molecule has 0 amide bonds. The lowest BCUT2D eigenvalue weighted by Gasteiger charge is -2.33. The Kier molecular flexibility index (Phi) is 10.1. The molecule has 0 radical (unpaired) electrons. The highest BCUT2D eigenvalue weighted by Crippen LogP contribution is 2.43. The maximum Gasteiger partial charge on any atom is 0.308 e. The third kappa shape index (κ3) is 5.34. The molecule has 1 aromatic carbocycles. The number of benzene rings is 1. The minimum atomic E-state index is -0.0923. The van der Waals surface area contributed by atoms with Crippen molar-refractivity contribution in [2.45, 2.75) is 46.5 Å². The van der Waals surface area contributed by atoms with Crippen molar-refractivity contribution < 1.29 is 14.3 Å². The minimum absolute atomic E-state index is 0.0691. The molecule has 2 rings (SSSR count). The summed E-state index contributed by atoms with van der Waals surface area (Å²) in [7, 11) is 3.10. The number of carbonyl (C=O) groups excluding carboxylic acids is 1. The van der Waals surface area contributed by atoms with Gasteiger partial charge in [-0.15, -0.1) is 0 Å². The van der Waals surface area contributed by atoms with E-state index in [4.69, 9.17) is 9.47 Å². The topological polar surface area (TPSA) is 35.5 Å². The average molecular weight is 359 g/mol. The van der Waals surface area contributed by atoms with Gasteiger partial charge in [-0.25, -0.2) is 0 Å². The second kappa shape index (κ2) is 10.7. The Morgan fingerprint density at radius 1 is 1.14 bits per heavy atom. The Labute approximate surface area is 137 Å². The second-order valence-electron chi connectivity index (χ2n) is 4.28. The molecule has 0 saturated heterocycles. The quantitative estimate of drug-likeness (QED) is 0.698. The lowest BCUT2D eigenvalue weighted by atomic mass is 9.71. The first-order chi connectivity index (χ1) is 10.2. The molecule has 0 N–H and O–H groups in total. The number of rotatable bonds is 3. The fraction of sp³-hybridized carbons (Fsp3) is 0.588.